The van der Waals surface area contributed by atoms with Gasteiger partial charge in [-0.2, -0.15) is 0 Å². The van der Waals surface area contributed by atoms with Gasteiger partial charge < -0.3 is 0 Å². The monoisotopic (exact) mass is 161 g/mol. The van der Waals surface area contributed by atoms with Crippen LogP contribution in [-0.2, 0) is 9.59 Å². The van der Waals surface area contributed by atoms with E-state index in [0.29, 0.717) is 5.70 Å². The SMILES string of the molecule is O=C1C=C2C=CC=CN2C(=O)C1. The molecule has 2 aliphatic heterocycles. The zero-order valence-corrected chi connectivity index (χ0v) is 6.36. The Labute approximate surface area is 69.7 Å². The number of hydrogen-bond acceptors (Lipinski definition) is 2. The van der Waals surface area contributed by atoms with E-state index in [1.54, 1.807) is 24.4 Å². The normalized spacial score (nSPS) is 21.0. The first-order chi connectivity index (χ1) is 5.77. The second-order valence-corrected chi connectivity index (χ2v) is 2.68. The van der Waals surface area contributed by atoms with Crippen molar-refractivity contribution >= 4 is 11.7 Å². The summed E-state index contributed by atoms with van der Waals surface area (Å²) in [6, 6.07) is 0. The van der Waals surface area contributed by atoms with Crippen LogP contribution in [0.5, 0.6) is 0 Å². The third kappa shape index (κ3) is 0.993. The van der Waals surface area contributed by atoms with E-state index in [9.17, 15) is 9.59 Å². The summed E-state index contributed by atoms with van der Waals surface area (Å²) in [4.78, 5) is 23.7. The maximum atomic E-state index is 11.2. The molecule has 0 bridgehead atoms. The molecule has 2 heterocycles. The van der Waals surface area contributed by atoms with Crippen LogP contribution in [0.4, 0.5) is 0 Å². The lowest BCUT2D eigenvalue weighted by atomic mass is 10.1. The predicted molar refractivity (Wildman–Crippen MR) is 42.8 cm³/mol. The Hall–Kier alpha value is -1.64. The minimum Gasteiger partial charge on any atom is -0.294 e. The maximum Gasteiger partial charge on any atom is 0.238 e. The van der Waals surface area contributed by atoms with E-state index >= 15 is 0 Å². The number of fused-ring (bicyclic) bond motifs is 1. The molecule has 0 aromatic rings. The van der Waals surface area contributed by atoms with Crippen LogP contribution in [0.2, 0.25) is 0 Å². The van der Waals surface area contributed by atoms with Crippen molar-refractivity contribution in [2.45, 2.75) is 6.42 Å². The summed E-state index contributed by atoms with van der Waals surface area (Å²) in [5.41, 5.74) is 0.666. The molecule has 2 rings (SSSR count). The molecule has 3 nitrogen and oxygen atoms in total. The van der Waals surface area contributed by atoms with Crippen LogP contribution in [0.15, 0.2) is 36.2 Å². The summed E-state index contributed by atoms with van der Waals surface area (Å²) in [5, 5.41) is 0. The number of allylic oxidation sites excluding steroid dienone is 4. The van der Waals surface area contributed by atoms with Gasteiger partial charge in [-0.15, -0.1) is 0 Å². The van der Waals surface area contributed by atoms with Gasteiger partial charge in [-0.1, -0.05) is 6.08 Å². The highest BCUT2D eigenvalue weighted by molar-refractivity contribution is 6.08. The summed E-state index contributed by atoms with van der Waals surface area (Å²) < 4.78 is 0. The maximum absolute atomic E-state index is 11.2. The molecule has 0 N–H and O–H groups in total. The fourth-order valence-electron chi connectivity index (χ4n) is 1.25. The Morgan fingerprint density at radius 3 is 2.92 bits per heavy atom. The molecule has 0 aliphatic carbocycles. The van der Waals surface area contributed by atoms with Crippen molar-refractivity contribution in [3.05, 3.63) is 36.2 Å². The molecule has 2 aliphatic rings. The van der Waals surface area contributed by atoms with Crippen molar-refractivity contribution in [2.24, 2.45) is 0 Å². The van der Waals surface area contributed by atoms with Crippen LogP contribution in [0, 0.1) is 0 Å². The molecule has 0 fully saturated rings. The van der Waals surface area contributed by atoms with Crippen LogP contribution in [-0.4, -0.2) is 16.6 Å². The van der Waals surface area contributed by atoms with Crippen molar-refractivity contribution < 1.29 is 9.59 Å². The van der Waals surface area contributed by atoms with Gasteiger partial charge in [-0.05, 0) is 12.2 Å². The van der Waals surface area contributed by atoms with Crippen LogP contribution in [0.1, 0.15) is 6.42 Å². The van der Waals surface area contributed by atoms with E-state index in [1.807, 2.05) is 0 Å². The minimum atomic E-state index is -0.155. The van der Waals surface area contributed by atoms with Gasteiger partial charge in [0, 0.05) is 12.3 Å². The molecule has 1 amide bonds. The van der Waals surface area contributed by atoms with E-state index in [4.69, 9.17) is 0 Å². The molecule has 60 valence electrons. The zero-order chi connectivity index (χ0) is 8.55. The lowest BCUT2D eigenvalue weighted by molar-refractivity contribution is -0.131. The second kappa shape index (κ2) is 2.44. The summed E-state index contributed by atoms with van der Waals surface area (Å²) in [6.07, 6.45) is 8.46. The quantitative estimate of drug-likeness (QED) is 0.492. The second-order valence-electron chi connectivity index (χ2n) is 2.68. The van der Waals surface area contributed by atoms with E-state index < -0.39 is 0 Å². The number of nitrogens with zero attached hydrogens (tertiary/aromatic N) is 1. The molecular weight excluding hydrogens is 154 g/mol. The Morgan fingerprint density at radius 1 is 1.25 bits per heavy atom. The van der Waals surface area contributed by atoms with Gasteiger partial charge in [-0.3, -0.25) is 14.5 Å². The molecule has 12 heavy (non-hydrogen) atoms. The number of rotatable bonds is 0. The summed E-state index contributed by atoms with van der Waals surface area (Å²) in [5.74, 6) is -0.274. The highest BCUT2D eigenvalue weighted by atomic mass is 16.2. The molecule has 3 heteroatoms. The summed E-state index contributed by atoms with van der Waals surface area (Å²) in [6.45, 7) is 0. The van der Waals surface area contributed by atoms with Gasteiger partial charge in [0.15, 0.2) is 5.78 Å². The van der Waals surface area contributed by atoms with Gasteiger partial charge in [0.2, 0.25) is 5.91 Å². The Balaban J connectivity index is 2.43. The first-order valence-corrected chi connectivity index (χ1v) is 3.69. The van der Waals surface area contributed by atoms with E-state index in [2.05, 4.69) is 0 Å². The molecule has 0 aromatic carbocycles. The third-order valence-corrected chi connectivity index (χ3v) is 1.79. The summed E-state index contributed by atoms with van der Waals surface area (Å²) >= 11 is 0. The highest BCUT2D eigenvalue weighted by Gasteiger charge is 2.23. The lowest BCUT2D eigenvalue weighted by Gasteiger charge is -2.24. The third-order valence-electron chi connectivity index (χ3n) is 1.79. The largest absolute Gasteiger partial charge is 0.294 e. The van der Waals surface area contributed by atoms with Crippen molar-refractivity contribution in [3.8, 4) is 0 Å². The van der Waals surface area contributed by atoms with E-state index in [0.717, 1.165) is 0 Å². The average Bonchev–Trinajstić information content (AvgIpc) is 2.04. The van der Waals surface area contributed by atoms with Gasteiger partial charge in [0.25, 0.3) is 0 Å². The number of ketones is 1. The minimum absolute atomic E-state index is 0.0122. The van der Waals surface area contributed by atoms with Crippen molar-refractivity contribution in [2.75, 3.05) is 0 Å². The average molecular weight is 161 g/mol. The molecule has 0 saturated carbocycles. The van der Waals surface area contributed by atoms with Crippen LogP contribution in [0.25, 0.3) is 0 Å². The molecule has 0 saturated heterocycles. The fraction of sp³-hybridized carbons (Fsp3) is 0.111. The molecule has 0 spiro atoms. The number of carbonyl (C=O) groups is 2. The van der Waals surface area contributed by atoms with Crippen molar-refractivity contribution in [3.63, 3.8) is 0 Å². The number of carbonyl (C=O) groups excluding carboxylic acids is 2. The molecule has 0 unspecified atom stereocenters. The van der Waals surface area contributed by atoms with Gasteiger partial charge in [0.05, 0.1) is 12.1 Å². The zero-order valence-electron chi connectivity index (χ0n) is 6.36. The lowest BCUT2D eigenvalue weighted by Crippen LogP contribution is -2.31. The topological polar surface area (TPSA) is 37.4 Å². The molecule has 0 radical (unpaired) electrons. The first kappa shape index (κ1) is 7.03. The Bertz CT molecular complexity index is 336. The molecule has 0 atom stereocenters. The number of amides is 1. The van der Waals surface area contributed by atoms with Crippen LogP contribution < -0.4 is 0 Å². The smallest absolute Gasteiger partial charge is 0.238 e. The predicted octanol–water partition coefficient (Wildman–Crippen LogP) is 0.755. The summed E-state index contributed by atoms with van der Waals surface area (Å²) in [7, 11) is 0. The van der Waals surface area contributed by atoms with Crippen LogP contribution in [0.3, 0.4) is 0 Å². The van der Waals surface area contributed by atoms with Crippen molar-refractivity contribution in [1.82, 2.24) is 4.90 Å². The highest BCUT2D eigenvalue weighted by Crippen LogP contribution is 2.18. The van der Waals surface area contributed by atoms with E-state index in [-0.39, 0.29) is 18.1 Å². The first-order valence-electron chi connectivity index (χ1n) is 3.69. The Morgan fingerprint density at radius 2 is 2.08 bits per heavy atom. The van der Waals surface area contributed by atoms with Gasteiger partial charge in [-0.25, -0.2) is 0 Å². The van der Waals surface area contributed by atoms with Gasteiger partial charge >= 0.3 is 0 Å². The fourth-order valence-corrected chi connectivity index (χ4v) is 1.25. The van der Waals surface area contributed by atoms with Gasteiger partial charge in [0.1, 0.15) is 0 Å². The van der Waals surface area contributed by atoms with Crippen molar-refractivity contribution in [1.29, 1.82) is 0 Å². The standard InChI is InChI=1S/C9H7NO2/c11-8-5-7-3-1-2-4-10(7)9(12)6-8/h1-5H,6H2. The van der Waals surface area contributed by atoms with E-state index in [1.165, 1.54) is 11.0 Å². The molecule has 0 aromatic heterocycles. The molecular formula is C9H7NO2. The van der Waals surface area contributed by atoms with Crippen LogP contribution >= 0.6 is 0 Å². The number of hydrogen-bond donors (Lipinski definition) is 0. The Kier molecular flexibility index (Phi) is 1.43.